The quantitative estimate of drug-likeness (QED) is 0.0642. The van der Waals surface area contributed by atoms with E-state index in [0.29, 0.717) is 18.2 Å². The molecule has 0 radical (unpaired) electrons. The molecule has 6 bridgehead atoms. The average molecular weight is 963 g/mol. The van der Waals surface area contributed by atoms with Crippen LogP contribution in [0.1, 0.15) is 63.3 Å². The number of ether oxygens (including phenoxy) is 5. The Labute approximate surface area is 377 Å². The summed E-state index contributed by atoms with van der Waals surface area (Å²) in [5.41, 5.74) is -15.7. The lowest BCUT2D eigenvalue weighted by molar-refractivity contribution is -0.156. The largest absolute Gasteiger partial charge is 0.504 e. The molecule has 5 aliphatic heterocycles. The van der Waals surface area contributed by atoms with Gasteiger partial charge in [0.05, 0.1) is 27.8 Å². The van der Waals surface area contributed by atoms with Crippen molar-refractivity contribution < 1.29 is 134 Å². The molecule has 0 saturated heterocycles. The summed E-state index contributed by atoms with van der Waals surface area (Å²) in [5, 5.41) is 176. The lowest BCUT2D eigenvalue weighted by atomic mass is 9.77. The molecule has 5 atom stereocenters. The van der Waals surface area contributed by atoms with Crippen LogP contribution in [0.4, 0.5) is 0 Å². The number of hydrogen-bond acceptors (Lipinski definition) is 26. The summed E-state index contributed by atoms with van der Waals surface area (Å²) < 4.78 is 27.8. The normalized spacial score (nSPS) is 20.2. The topological polar surface area (TPSA) is 472 Å². The minimum absolute atomic E-state index is 0.292. The van der Waals surface area contributed by atoms with Gasteiger partial charge in [0.1, 0.15) is 12.5 Å². The molecule has 0 aliphatic carbocycles. The highest BCUT2D eigenvalue weighted by Crippen LogP contribution is 2.62. The second kappa shape index (κ2) is 14.7. The zero-order valence-corrected chi connectivity index (χ0v) is 33.5. The standard InChI is InChI=1S/C42H26O27/c43-8-1-5-12(25(49)22(8)46)13-6(2-9(44)23(47)26(13)50)40(62)67-34-11(4-65-38(5)60)66-39(61)7-3-10(45)24(48)27(51)14(7)15-19-16(29(53)32(56)28(15)52)17-20-18(31(55)33(57)30(17)54)21(37(58)59)35(68-41(20)63)36(34)69-42(19)64/h1-3,11,21,34-36,43-57H,4H2,(H,58,59)/t11-,21-,34+,35-,36-/m0/s1. The van der Waals surface area contributed by atoms with Crippen LogP contribution in [0.5, 0.6) is 86.2 Å². The number of fused-ring (bicyclic) bond motifs is 7. The number of carboxylic acids is 1. The van der Waals surface area contributed by atoms with E-state index in [2.05, 4.69) is 0 Å². The maximum atomic E-state index is 15.1. The number of phenols is 15. The molecule has 69 heavy (non-hydrogen) atoms. The van der Waals surface area contributed by atoms with Gasteiger partial charge in [-0.15, -0.1) is 0 Å². The third-order valence-electron chi connectivity index (χ3n) is 11.7. The van der Waals surface area contributed by atoms with E-state index in [1.54, 1.807) is 0 Å². The first-order chi connectivity index (χ1) is 32.4. The molecule has 0 amide bonds. The van der Waals surface area contributed by atoms with Crippen molar-refractivity contribution >= 4 is 35.8 Å². The predicted octanol–water partition coefficient (Wildman–Crippen LogP) is 1.45. The van der Waals surface area contributed by atoms with Gasteiger partial charge in [0, 0.05) is 38.9 Å². The van der Waals surface area contributed by atoms with Gasteiger partial charge in [-0.25, -0.2) is 24.0 Å². The van der Waals surface area contributed by atoms with E-state index in [1.807, 2.05) is 0 Å². The number of carbonyl (C=O) groups is 6. The van der Waals surface area contributed by atoms with E-state index in [9.17, 15) is 106 Å². The van der Waals surface area contributed by atoms with Gasteiger partial charge in [0.15, 0.2) is 81.9 Å². The Kier molecular flexibility index (Phi) is 9.41. The van der Waals surface area contributed by atoms with Crippen molar-refractivity contribution in [1.29, 1.82) is 0 Å². The Morgan fingerprint density at radius 1 is 0.377 bits per heavy atom. The number of benzene rings is 5. The number of hydrogen-bond donors (Lipinski definition) is 16. The fourth-order valence-corrected chi connectivity index (χ4v) is 8.68. The number of aromatic hydroxyl groups is 15. The van der Waals surface area contributed by atoms with Crippen molar-refractivity contribution in [2.45, 2.75) is 30.3 Å². The van der Waals surface area contributed by atoms with Gasteiger partial charge in [0.2, 0.25) is 28.7 Å². The minimum atomic E-state index is -2.93. The van der Waals surface area contributed by atoms with Crippen LogP contribution in [0.25, 0.3) is 33.4 Å². The summed E-state index contributed by atoms with van der Waals surface area (Å²) in [6.45, 7) is -1.58. The van der Waals surface area contributed by atoms with Gasteiger partial charge in [-0.3, -0.25) is 4.79 Å². The number of carbonyl (C=O) groups excluding carboxylic acids is 5. The van der Waals surface area contributed by atoms with Gasteiger partial charge in [-0.2, -0.15) is 0 Å². The zero-order chi connectivity index (χ0) is 50.3. The fraction of sp³-hybridized carbons (Fsp3) is 0.143. The van der Waals surface area contributed by atoms with Crippen LogP contribution in [0.3, 0.4) is 0 Å². The van der Waals surface area contributed by atoms with Crippen LogP contribution in [-0.4, -0.2) is 149 Å². The molecule has 0 unspecified atom stereocenters. The smallest absolute Gasteiger partial charge is 0.340 e. The molecule has 0 spiro atoms. The maximum absolute atomic E-state index is 15.1. The Balaban J connectivity index is 1.46. The molecule has 5 aliphatic rings. The van der Waals surface area contributed by atoms with E-state index in [-0.39, 0.29) is 0 Å². The fourth-order valence-electron chi connectivity index (χ4n) is 8.68. The van der Waals surface area contributed by atoms with Crippen LogP contribution in [0, 0.1) is 0 Å². The summed E-state index contributed by atoms with van der Waals surface area (Å²) >= 11 is 0. The highest BCUT2D eigenvalue weighted by Gasteiger charge is 2.57. The van der Waals surface area contributed by atoms with Crippen molar-refractivity contribution in [3.8, 4) is 120 Å². The minimum Gasteiger partial charge on any atom is -0.504 e. The Morgan fingerprint density at radius 3 is 1.23 bits per heavy atom. The molecule has 5 aromatic carbocycles. The molecular formula is C42H26O27. The van der Waals surface area contributed by atoms with E-state index in [0.717, 1.165) is 0 Å². The summed E-state index contributed by atoms with van der Waals surface area (Å²) in [5.74, 6) is -38.1. The molecule has 10 rings (SSSR count). The predicted molar refractivity (Wildman–Crippen MR) is 212 cm³/mol. The van der Waals surface area contributed by atoms with Gasteiger partial charge < -0.3 is 105 Å². The first kappa shape index (κ1) is 44.1. The lowest BCUT2D eigenvalue weighted by Gasteiger charge is -2.41. The van der Waals surface area contributed by atoms with Crippen LogP contribution in [0.15, 0.2) is 18.2 Å². The number of rotatable bonds is 1. The van der Waals surface area contributed by atoms with Crippen molar-refractivity contribution in [3.63, 3.8) is 0 Å². The first-order valence-electron chi connectivity index (χ1n) is 19.1. The SMILES string of the molecule is O=C1OC[C@@H]2OC(=O)c3cc(O)c(O)c(O)c3-c3c(O)c(O)c(O)c4c3C(=O)O[C@H]([C@H]3OC(=O)c5c-4c(O)c(O)c(O)c5[C@@H]3C(=O)O)[C@@H]2OC(=O)c2cc(O)c(O)c(O)c2-c2c1cc(O)c(O)c2O. The molecule has 356 valence electrons. The second-order valence-electron chi connectivity index (χ2n) is 15.4. The van der Waals surface area contributed by atoms with E-state index in [1.165, 1.54) is 0 Å². The second-order valence-corrected chi connectivity index (χ2v) is 15.4. The summed E-state index contributed by atoms with van der Waals surface area (Å²) in [4.78, 5) is 86.2. The molecule has 16 N–H and O–H groups in total. The highest BCUT2D eigenvalue weighted by molar-refractivity contribution is 6.17. The molecule has 0 saturated carbocycles. The van der Waals surface area contributed by atoms with Crippen LogP contribution >= 0.6 is 0 Å². The molecule has 0 fully saturated rings. The van der Waals surface area contributed by atoms with Gasteiger partial charge in [-0.05, 0) is 18.2 Å². The highest BCUT2D eigenvalue weighted by atomic mass is 16.6. The van der Waals surface area contributed by atoms with Gasteiger partial charge >= 0.3 is 35.8 Å². The molecule has 27 heteroatoms. The monoisotopic (exact) mass is 962 g/mol. The number of carboxylic acid groups (broad SMARTS) is 1. The van der Waals surface area contributed by atoms with Crippen molar-refractivity contribution in [1.82, 2.24) is 0 Å². The summed E-state index contributed by atoms with van der Waals surface area (Å²) in [7, 11) is 0. The number of cyclic esters (lactones) is 1. The average Bonchev–Trinajstić information content (AvgIpc) is 3.32. The zero-order valence-electron chi connectivity index (χ0n) is 33.5. The Morgan fingerprint density at radius 2 is 0.739 bits per heavy atom. The lowest BCUT2D eigenvalue weighted by Crippen LogP contribution is -2.57. The van der Waals surface area contributed by atoms with Crippen LogP contribution in [0.2, 0.25) is 0 Å². The Hall–Kier alpha value is -10.1. The molecule has 27 nitrogen and oxygen atoms in total. The summed E-state index contributed by atoms with van der Waals surface area (Å²) in [6.07, 6.45) is -11.3. The maximum Gasteiger partial charge on any atom is 0.340 e. The van der Waals surface area contributed by atoms with Crippen LogP contribution < -0.4 is 0 Å². The third-order valence-corrected chi connectivity index (χ3v) is 11.7. The van der Waals surface area contributed by atoms with Crippen molar-refractivity contribution in [3.05, 3.63) is 51.6 Å². The van der Waals surface area contributed by atoms with Gasteiger partial charge in [-0.1, -0.05) is 0 Å². The van der Waals surface area contributed by atoms with Crippen molar-refractivity contribution in [2.75, 3.05) is 6.61 Å². The molecule has 0 aromatic heterocycles. The Bertz CT molecular complexity index is 3300. The van der Waals surface area contributed by atoms with Crippen molar-refractivity contribution in [2.24, 2.45) is 0 Å². The van der Waals surface area contributed by atoms with Crippen LogP contribution in [-0.2, 0) is 28.5 Å². The molecule has 5 aromatic rings. The number of phenolic OH excluding ortho intramolecular Hbond substituents is 15. The molecule has 5 heterocycles. The number of aliphatic carboxylic acids is 1. The number of esters is 5. The van der Waals surface area contributed by atoms with E-state index in [4.69, 9.17) is 23.7 Å². The summed E-state index contributed by atoms with van der Waals surface area (Å²) in [6, 6.07) is 0.980. The first-order valence-corrected chi connectivity index (χ1v) is 19.1. The van der Waals surface area contributed by atoms with Gasteiger partial charge in [0.25, 0.3) is 0 Å². The molecular weight excluding hydrogens is 936 g/mol. The van der Waals surface area contributed by atoms with E-state index < -0.39 is 226 Å². The third kappa shape index (κ3) is 5.92. The van der Waals surface area contributed by atoms with E-state index >= 15 is 4.79 Å².